The molecule has 0 fully saturated rings. The maximum atomic E-state index is 13.2. The van der Waals surface area contributed by atoms with Crippen molar-refractivity contribution in [1.82, 2.24) is 5.16 Å². The zero-order valence-corrected chi connectivity index (χ0v) is 19.3. The van der Waals surface area contributed by atoms with Crippen molar-refractivity contribution in [2.24, 2.45) is 0 Å². The van der Waals surface area contributed by atoms with Crippen LogP contribution in [0.5, 0.6) is 0 Å². The number of benzene rings is 3. The minimum Gasteiger partial charge on any atom is -0.456 e. The molecule has 34 heavy (non-hydrogen) atoms. The van der Waals surface area contributed by atoms with Gasteiger partial charge in [-0.15, -0.1) is 0 Å². The summed E-state index contributed by atoms with van der Waals surface area (Å²) in [4.78, 5) is 25.9. The third-order valence-electron chi connectivity index (χ3n) is 5.16. The maximum Gasteiger partial charge on any atom is 0.340 e. The van der Waals surface area contributed by atoms with Crippen LogP contribution in [0.1, 0.15) is 52.7 Å². The van der Waals surface area contributed by atoms with Crippen LogP contribution in [-0.4, -0.2) is 22.6 Å². The molecule has 4 aromatic rings. The van der Waals surface area contributed by atoms with Gasteiger partial charge in [0.25, 0.3) is 5.91 Å². The van der Waals surface area contributed by atoms with E-state index < -0.39 is 17.5 Å². The lowest BCUT2D eigenvalue weighted by molar-refractivity contribution is 0.00707. The number of fused-ring (bicyclic) bond motifs is 1. The van der Waals surface area contributed by atoms with Crippen LogP contribution >= 0.6 is 0 Å². The molecule has 170 valence electrons. The summed E-state index contributed by atoms with van der Waals surface area (Å²) in [5.41, 5.74) is 3.44. The fourth-order valence-corrected chi connectivity index (χ4v) is 3.57. The highest BCUT2D eigenvalue weighted by molar-refractivity contribution is 6.13. The first-order valence-corrected chi connectivity index (χ1v) is 10.7. The van der Waals surface area contributed by atoms with Crippen molar-refractivity contribution in [3.63, 3.8) is 0 Å². The molecule has 0 bridgehead atoms. The van der Waals surface area contributed by atoms with Crippen LogP contribution in [-0.2, 0) is 4.74 Å². The van der Waals surface area contributed by atoms with E-state index in [1.807, 2.05) is 49.4 Å². The molecule has 0 unspecified atom stereocenters. The first-order chi connectivity index (χ1) is 16.2. The van der Waals surface area contributed by atoms with Crippen LogP contribution in [0.25, 0.3) is 22.1 Å². The number of nitrogens with one attached hydrogen (secondary N) is 1. The minimum atomic E-state index is -0.741. The van der Waals surface area contributed by atoms with Gasteiger partial charge in [0.1, 0.15) is 5.60 Å². The number of carbonyl (C=O) groups is 2. The average Bonchev–Trinajstić information content (AvgIpc) is 3.22. The number of aryl methyl sites for hydroxylation is 1. The Bertz CT molecular complexity index is 1450. The molecule has 3 aromatic carbocycles. The van der Waals surface area contributed by atoms with Gasteiger partial charge in [-0.05, 0) is 74.7 Å². The second-order valence-electron chi connectivity index (χ2n) is 8.89. The minimum absolute atomic E-state index is 0.0794. The van der Waals surface area contributed by atoms with Crippen LogP contribution in [0.3, 0.4) is 0 Å². The number of ether oxygens (including phenoxy) is 1. The molecule has 0 aliphatic heterocycles. The lowest BCUT2D eigenvalue weighted by atomic mass is 9.99. The number of nitrogens with zero attached hydrogens (tertiary/aromatic N) is 2. The Kier molecular flexibility index (Phi) is 5.91. The molecular formula is C27H23N3O4. The summed E-state index contributed by atoms with van der Waals surface area (Å²) in [6, 6.07) is 19.9. The molecular weight excluding hydrogens is 430 g/mol. The van der Waals surface area contributed by atoms with E-state index in [9.17, 15) is 14.9 Å². The topological polar surface area (TPSA) is 105 Å². The lowest BCUT2D eigenvalue weighted by Crippen LogP contribution is -2.25. The number of aromatic nitrogens is 1. The van der Waals surface area contributed by atoms with Crippen molar-refractivity contribution in [1.29, 1.82) is 5.26 Å². The quantitative estimate of drug-likeness (QED) is 0.387. The summed E-state index contributed by atoms with van der Waals surface area (Å²) in [5, 5.41) is 16.5. The molecule has 0 spiro atoms. The second-order valence-corrected chi connectivity index (χ2v) is 8.89. The van der Waals surface area contributed by atoms with Crippen LogP contribution < -0.4 is 5.32 Å². The van der Waals surface area contributed by atoms with Gasteiger partial charge in [0.05, 0.1) is 28.3 Å². The number of anilines is 1. The van der Waals surface area contributed by atoms with E-state index in [-0.39, 0.29) is 22.5 Å². The smallest absolute Gasteiger partial charge is 0.340 e. The van der Waals surface area contributed by atoms with Crippen molar-refractivity contribution >= 4 is 28.5 Å². The van der Waals surface area contributed by atoms with Gasteiger partial charge in [-0.1, -0.05) is 35.5 Å². The fourth-order valence-electron chi connectivity index (χ4n) is 3.57. The van der Waals surface area contributed by atoms with Gasteiger partial charge in [-0.25, -0.2) is 4.79 Å². The highest BCUT2D eigenvalue weighted by Gasteiger charge is 2.24. The predicted octanol–water partition coefficient (Wildman–Crippen LogP) is 5.88. The van der Waals surface area contributed by atoms with E-state index in [0.29, 0.717) is 11.0 Å². The molecule has 0 atom stereocenters. The Morgan fingerprint density at radius 3 is 2.53 bits per heavy atom. The van der Waals surface area contributed by atoms with Crippen molar-refractivity contribution < 1.29 is 18.8 Å². The second kappa shape index (κ2) is 8.83. The number of esters is 1. The van der Waals surface area contributed by atoms with E-state index in [2.05, 4.69) is 10.5 Å². The SMILES string of the molecule is Cc1ccccc1-c1ccc2onc(C(=O)Nc3ccc(C#N)cc3C(=O)OC(C)(C)C)c2c1. The number of carbonyl (C=O) groups excluding carboxylic acids is 2. The molecule has 7 nitrogen and oxygen atoms in total. The van der Waals surface area contributed by atoms with E-state index in [1.54, 1.807) is 26.8 Å². The molecule has 0 saturated heterocycles. The van der Waals surface area contributed by atoms with E-state index in [4.69, 9.17) is 9.26 Å². The van der Waals surface area contributed by atoms with E-state index >= 15 is 0 Å². The summed E-state index contributed by atoms with van der Waals surface area (Å²) in [6.45, 7) is 7.24. The first-order valence-electron chi connectivity index (χ1n) is 10.7. The number of amides is 1. The Balaban J connectivity index is 1.70. The fraction of sp³-hybridized carbons (Fsp3) is 0.185. The number of hydrogen-bond donors (Lipinski definition) is 1. The van der Waals surface area contributed by atoms with Crippen LogP contribution in [0.15, 0.2) is 65.2 Å². The molecule has 1 amide bonds. The molecule has 0 aliphatic rings. The van der Waals surface area contributed by atoms with Gasteiger partial charge in [0.15, 0.2) is 11.3 Å². The normalized spacial score (nSPS) is 11.1. The molecule has 0 aliphatic carbocycles. The van der Waals surface area contributed by atoms with Crippen molar-refractivity contribution in [2.75, 3.05) is 5.32 Å². The van der Waals surface area contributed by atoms with Crippen molar-refractivity contribution in [3.8, 4) is 17.2 Å². The lowest BCUT2D eigenvalue weighted by Gasteiger charge is -2.20. The summed E-state index contributed by atoms with van der Waals surface area (Å²) in [6.07, 6.45) is 0. The van der Waals surface area contributed by atoms with Gasteiger partial charge in [-0.3, -0.25) is 4.79 Å². The maximum absolute atomic E-state index is 13.2. The Labute approximate surface area is 196 Å². The highest BCUT2D eigenvalue weighted by Crippen LogP contribution is 2.29. The summed E-state index contributed by atoms with van der Waals surface area (Å²) >= 11 is 0. The molecule has 0 saturated carbocycles. The van der Waals surface area contributed by atoms with Crippen molar-refractivity contribution in [2.45, 2.75) is 33.3 Å². The largest absolute Gasteiger partial charge is 0.456 e. The van der Waals surface area contributed by atoms with Crippen LogP contribution in [0.2, 0.25) is 0 Å². The first kappa shape index (κ1) is 22.7. The molecule has 0 radical (unpaired) electrons. The van der Waals surface area contributed by atoms with E-state index in [1.165, 1.54) is 18.2 Å². The number of hydrogen-bond acceptors (Lipinski definition) is 6. The Hall–Kier alpha value is -4.44. The van der Waals surface area contributed by atoms with Crippen LogP contribution in [0.4, 0.5) is 5.69 Å². The zero-order valence-electron chi connectivity index (χ0n) is 19.3. The standard InChI is InChI=1S/C27H23N3O4/c1-16-7-5-6-8-19(16)18-10-12-23-21(14-18)24(30-34-23)25(31)29-22-11-9-17(15-28)13-20(22)26(32)33-27(2,3)4/h5-14H,1-4H3,(H,29,31). The van der Waals surface area contributed by atoms with E-state index in [0.717, 1.165) is 16.7 Å². The summed E-state index contributed by atoms with van der Waals surface area (Å²) in [7, 11) is 0. The molecule has 4 rings (SSSR count). The highest BCUT2D eigenvalue weighted by atomic mass is 16.6. The van der Waals surface area contributed by atoms with Crippen LogP contribution in [0, 0.1) is 18.3 Å². The van der Waals surface area contributed by atoms with Crippen molar-refractivity contribution in [3.05, 3.63) is 83.0 Å². The number of nitriles is 1. The van der Waals surface area contributed by atoms with Gasteiger partial charge >= 0.3 is 5.97 Å². The third-order valence-corrected chi connectivity index (χ3v) is 5.16. The Morgan fingerprint density at radius 2 is 1.82 bits per heavy atom. The molecule has 7 heteroatoms. The average molecular weight is 453 g/mol. The summed E-state index contributed by atoms with van der Waals surface area (Å²) < 4.78 is 10.8. The van der Waals surface area contributed by atoms with Gasteiger partial charge in [0.2, 0.25) is 0 Å². The molecule has 1 aromatic heterocycles. The summed E-state index contributed by atoms with van der Waals surface area (Å²) in [5.74, 6) is -1.19. The Morgan fingerprint density at radius 1 is 1.06 bits per heavy atom. The van der Waals surface area contributed by atoms with Gasteiger partial charge < -0.3 is 14.6 Å². The number of rotatable bonds is 4. The molecule has 1 N–H and O–H groups in total. The van der Waals surface area contributed by atoms with Gasteiger partial charge in [0, 0.05) is 0 Å². The molecule has 1 heterocycles. The van der Waals surface area contributed by atoms with Gasteiger partial charge in [-0.2, -0.15) is 5.26 Å². The zero-order chi connectivity index (χ0) is 24.5. The third kappa shape index (κ3) is 4.66. The predicted molar refractivity (Wildman–Crippen MR) is 128 cm³/mol. The monoisotopic (exact) mass is 453 g/mol.